The third-order valence-corrected chi connectivity index (χ3v) is 4.61. The van der Waals surface area contributed by atoms with Crippen molar-refractivity contribution in [3.8, 4) is 5.75 Å². The Morgan fingerprint density at radius 2 is 2.00 bits per heavy atom. The summed E-state index contributed by atoms with van der Waals surface area (Å²) >= 11 is 0. The number of hydrogen-bond acceptors (Lipinski definition) is 5. The second-order valence-electron chi connectivity index (χ2n) is 6.21. The molecule has 1 amide bonds. The van der Waals surface area contributed by atoms with Crippen LogP contribution in [0.1, 0.15) is 18.4 Å². The van der Waals surface area contributed by atoms with Crippen molar-refractivity contribution in [1.29, 1.82) is 0 Å². The van der Waals surface area contributed by atoms with Crippen LogP contribution in [0, 0.1) is 5.92 Å². The molecule has 1 aromatic carbocycles. The summed E-state index contributed by atoms with van der Waals surface area (Å²) in [5, 5.41) is 3.07. The van der Waals surface area contributed by atoms with Gasteiger partial charge in [-0.15, -0.1) is 0 Å². The minimum absolute atomic E-state index is 0.0868. The largest absolute Gasteiger partial charge is 0.497 e. The first kappa shape index (κ1) is 17.2. The molecule has 6 nitrogen and oxygen atoms in total. The van der Waals surface area contributed by atoms with Crippen molar-refractivity contribution in [3.63, 3.8) is 0 Å². The summed E-state index contributed by atoms with van der Waals surface area (Å²) in [5.74, 6) is 1.99. The Kier molecular flexibility index (Phi) is 5.82. The van der Waals surface area contributed by atoms with Gasteiger partial charge in [0.15, 0.2) is 0 Å². The summed E-state index contributed by atoms with van der Waals surface area (Å²) in [7, 11) is 1.66. The zero-order valence-corrected chi connectivity index (χ0v) is 14.5. The number of ether oxygens (including phenoxy) is 1. The van der Waals surface area contributed by atoms with Gasteiger partial charge in [-0.05, 0) is 37.0 Å². The molecule has 132 valence electrons. The molecule has 0 radical (unpaired) electrons. The third-order valence-electron chi connectivity index (χ3n) is 4.61. The molecular formula is C19H24N4O2. The number of piperidine rings is 1. The van der Waals surface area contributed by atoms with E-state index in [0.29, 0.717) is 6.54 Å². The molecule has 0 bridgehead atoms. The fraction of sp³-hybridized carbons (Fsp3) is 0.421. The quantitative estimate of drug-likeness (QED) is 0.872. The van der Waals surface area contributed by atoms with Crippen LogP contribution in [0.4, 0.5) is 5.82 Å². The van der Waals surface area contributed by atoms with Crippen LogP contribution in [0.15, 0.2) is 42.9 Å². The average molecular weight is 340 g/mol. The van der Waals surface area contributed by atoms with E-state index in [9.17, 15) is 4.79 Å². The molecule has 1 aromatic heterocycles. The van der Waals surface area contributed by atoms with E-state index < -0.39 is 0 Å². The van der Waals surface area contributed by atoms with Gasteiger partial charge in [0.2, 0.25) is 5.91 Å². The molecule has 2 heterocycles. The van der Waals surface area contributed by atoms with Gasteiger partial charge in [0.25, 0.3) is 0 Å². The highest BCUT2D eigenvalue weighted by molar-refractivity contribution is 5.79. The highest BCUT2D eigenvalue weighted by Crippen LogP contribution is 2.21. The van der Waals surface area contributed by atoms with Gasteiger partial charge in [-0.3, -0.25) is 9.78 Å². The number of anilines is 1. The Balaban J connectivity index is 1.40. The normalized spacial score (nSPS) is 15.0. The number of amides is 1. The summed E-state index contributed by atoms with van der Waals surface area (Å²) in [5.41, 5.74) is 1.19. The molecule has 25 heavy (non-hydrogen) atoms. The monoisotopic (exact) mass is 340 g/mol. The minimum Gasteiger partial charge on any atom is -0.497 e. The molecule has 1 saturated heterocycles. The van der Waals surface area contributed by atoms with Crippen molar-refractivity contribution >= 4 is 11.7 Å². The molecular weight excluding hydrogens is 316 g/mol. The van der Waals surface area contributed by atoms with Gasteiger partial charge in [-0.1, -0.05) is 12.1 Å². The highest BCUT2D eigenvalue weighted by Gasteiger charge is 2.25. The van der Waals surface area contributed by atoms with E-state index >= 15 is 0 Å². The number of nitrogens with one attached hydrogen (secondary N) is 1. The number of benzene rings is 1. The van der Waals surface area contributed by atoms with Crippen LogP contribution in [0.25, 0.3) is 0 Å². The lowest BCUT2D eigenvalue weighted by Crippen LogP contribution is -2.41. The van der Waals surface area contributed by atoms with Crippen LogP contribution in [-0.4, -0.2) is 42.6 Å². The average Bonchev–Trinajstić information content (AvgIpc) is 2.69. The molecule has 0 atom stereocenters. The van der Waals surface area contributed by atoms with E-state index in [1.54, 1.807) is 25.7 Å². The molecule has 0 spiro atoms. The molecule has 1 aliphatic heterocycles. The number of hydrogen-bond donors (Lipinski definition) is 1. The molecule has 0 unspecified atom stereocenters. The zero-order valence-electron chi connectivity index (χ0n) is 14.5. The van der Waals surface area contributed by atoms with Crippen LogP contribution in [0.2, 0.25) is 0 Å². The Morgan fingerprint density at radius 1 is 1.24 bits per heavy atom. The lowest BCUT2D eigenvalue weighted by molar-refractivity contribution is -0.125. The van der Waals surface area contributed by atoms with Crippen LogP contribution in [0.3, 0.4) is 0 Å². The van der Waals surface area contributed by atoms with Crippen LogP contribution < -0.4 is 15.0 Å². The topological polar surface area (TPSA) is 67.3 Å². The number of aromatic nitrogens is 2. The molecule has 6 heteroatoms. The first-order chi connectivity index (χ1) is 12.3. The Morgan fingerprint density at radius 3 is 2.64 bits per heavy atom. The molecule has 0 aliphatic carbocycles. The molecule has 2 aromatic rings. The number of carbonyl (C=O) groups is 1. The van der Waals surface area contributed by atoms with Gasteiger partial charge < -0.3 is 15.0 Å². The minimum atomic E-state index is 0.0868. The maximum atomic E-state index is 12.4. The summed E-state index contributed by atoms with van der Waals surface area (Å²) in [6.45, 7) is 2.35. The summed E-state index contributed by atoms with van der Waals surface area (Å²) in [6.07, 6.45) is 7.68. The standard InChI is InChI=1S/C19H24N4O2/c1-25-17-4-2-15(3-5-17)6-9-22-19(24)16-7-12-23(13-8-16)18-14-20-10-11-21-18/h2-5,10-11,14,16H,6-9,12-13H2,1H3,(H,22,24). The van der Waals surface area contributed by atoms with Crippen LogP contribution in [0.5, 0.6) is 5.75 Å². The summed E-state index contributed by atoms with van der Waals surface area (Å²) in [6, 6.07) is 7.95. The lowest BCUT2D eigenvalue weighted by Gasteiger charge is -2.31. The highest BCUT2D eigenvalue weighted by atomic mass is 16.5. The van der Waals surface area contributed by atoms with Gasteiger partial charge in [-0.2, -0.15) is 0 Å². The van der Waals surface area contributed by atoms with Crippen molar-refractivity contribution in [2.24, 2.45) is 5.92 Å². The Hall–Kier alpha value is -2.63. The lowest BCUT2D eigenvalue weighted by atomic mass is 9.96. The fourth-order valence-corrected chi connectivity index (χ4v) is 3.09. The van der Waals surface area contributed by atoms with Crippen molar-refractivity contribution in [2.45, 2.75) is 19.3 Å². The summed E-state index contributed by atoms with van der Waals surface area (Å²) in [4.78, 5) is 23.0. The van der Waals surface area contributed by atoms with Crippen molar-refractivity contribution in [1.82, 2.24) is 15.3 Å². The smallest absolute Gasteiger partial charge is 0.223 e. The van der Waals surface area contributed by atoms with E-state index in [2.05, 4.69) is 20.2 Å². The van der Waals surface area contributed by atoms with Crippen LogP contribution >= 0.6 is 0 Å². The molecule has 3 rings (SSSR count). The van der Waals surface area contributed by atoms with Crippen LogP contribution in [-0.2, 0) is 11.2 Å². The van der Waals surface area contributed by atoms with E-state index in [1.807, 2.05) is 24.3 Å². The number of methoxy groups -OCH3 is 1. The zero-order chi connectivity index (χ0) is 17.5. The van der Waals surface area contributed by atoms with Gasteiger partial charge in [0, 0.05) is 37.9 Å². The second kappa shape index (κ2) is 8.46. The predicted molar refractivity (Wildman–Crippen MR) is 96.7 cm³/mol. The SMILES string of the molecule is COc1ccc(CCNC(=O)C2CCN(c3cnccn3)CC2)cc1. The Labute approximate surface area is 148 Å². The first-order valence-corrected chi connectivity index (χ1v) is 8.68. The first-order valence-electron chi connectivity index (χ1n) is 8.68. The molecule has 0 saturated carbocycles. The van der Waals surface area contributed by atoms with E-state index in [1.165, 1.54) is 5.56 Å². The van der Waals surface area contributed by atoms with E-state index in [4.69, 9.17) is 4.74 Å². The predicted octanol–water partition coefficient (Wildman–Crippen LogP) is 2.06. The number of nitrogens with zero attached hydrogens (tertiary/aromatic N) is 3. The van der Waals surface area contributed by atoms with Gasteiger partial charge in [0.05, 0.1) is 13.3 Å². The van der Waals surface area contributed by atoms with E-state index in [0.717, 1.165) is 43.9 Å². The van der Waals surface area contributed by atoms with Gasteiger partial charge >= 0.3 is 0 Å². The third kappa shape index (κ3) is 4.68. The second-order valence-corrected chi connectivity index (χ2v) is 6.21. The molecule has 1 aliphatic rings. The molecule has 1 N–H and O–H groups in total. The maximum absolute atomic E-state index is 12.4. The van der Waals surface area contributed by atoms with Crippen molar-refractivity contribution in [2.75, 3.05) is 31.6 Å². The number of carbonyl (C=O) groups excluding carboxylic acids is 1. The van der Waals surface area contributed by atoms with E-state index in [-0.39, 0.29) is 11.8 Å². The number of rotatable bonds is 6. The van der Waals surface area contributed by atoms with Gasteiger partial charge in [0.1, 0.15) is 11.6 Å². The fourth-order valence-electron chi connectivity index (χ4n) is 3.09. The Bertz CT molecular complexity index is 668. The summed E-state index contributed by atoms with van der Waals surface area (Å²) < 4.78 is 5.15. The van der Waals surface area contributed by atoms with Crippen molar-refractivity contribution in [3.05, 3.63) is 48.4 Å². The van der Waals surface area contributed by atoms with Gasteiger partial charge in [-0.25, -0.2) is 4.98 Å². The molecule has 1 fully saturated rings. The van der Waals surface area contributed by atoms with Crippen molar-refractivity contribution < 1.29 is 9.53 Å². The maximum Gasteiger partial charge on any atom is 0.223 e.